The van der Waals surface area contributed by atoms with Crippen LogP contribution in [-0.4, -0.2) is 26.0 Å². The summed E-state index contributed by atoms with van der Waals surface area (Å²) in [6, 6.07) is 5.39. The fourth-order valence-electron chi connectivity index (χ4n) is 3.16. The van der Waals surface area contributed by atoms with Gasteiger partial charge in [-0.25, -0.2) is 0 Å². The van der Waals surface area contributed by atoms with Crippen molar-refractivity contribution in [2.75, 3.05) is 20.0 Å². The molecule has 1 fully saturated rings. The first kappa shape index (κ1) is 16.7. The lowest BCUT2D eigenvalue weighted by molar-refractivity contribution is -0.146. The number of rotatable bonds is 6. The fraction of sp³-hybridized carbons (Fsp3) is 0.526. The van der Waals surface area contributed by atoms with E-state index in [1.165, 1.54) is 5.57 Å². The zero-order valence-electron chi connectivity index (χ0n) is 14.6. The van der Waals surface area contributed by atoms with Gasteiger partial charge in [-0.05, 0) is 37.3 Å². The second-order valence-electron chi connectivity index (χ2n) is 7.10. The summed E-state index contributed by atoms with van der Waals surface area (Å²) in [6.07, 6.45) is 2.16. The molecule has 0 amide bonds. The Bertz CT molecular complexity index is 658. The van der Waals surface area contributed by atoms with Crippen LogP contribution in [0.4, 0.5) is 0 Å². The largest absolute Gasteiger partial charge is 0.490 e. The summed E-state index contributed by atoms with van der Waals surface area (Å²) in [6.45, 7) is 9.10. The summed E-state index contributed by atoms with van der Waals surface area (Å²) >= 11 is 0. The third kappa shape index (κ3) is 3.35. The zero-order chi connectivity index (χ0) is 17.3. The quantitative estimate of drug-likeness (QED) is 0.453. The van der Waals surface area contributed by atoms with Crippen LogP contribution in [0.25, 0.3) is 0 Å². The van der Waals surface area contributed by atoms with Crippen molar-refractivity contribution in [1.29, 1.82) is 0 Å². The minimum Gasteiger partial charge on any atom is -0.490 e. The number of fused-ring (bicyclic) bond motifs is 1. The van der Waals surface area contributed by atoms with E-state index in [0.717, 1.165) is 5.75 Å². The molecular formula is C19H24O5. The molecule has 0 aromatic heterocycles. The second kappa shape index (κ2) is 6.38. The van der Waals surface area contributed by atoms with E-state index in [1.807, 2.05) is 6.07 Å². The Morgan fingerprint density at radius 1 is 1.25 bits per heavy atom. The van der Waals surface area contributed by atoms with Crippen LogP contribution < -0.4 is 14.2 Å². The summed E-state index contributed by atoms with van der Waals surface area (Å²) in [4.78, 5) is 12.2. The Labute approximate surface area is 142 Å². The van der Waals surface area contributed by atoms with E-state index in [0.29, 0.717) is 18.1 Å². The number of allylic oxidation sites excluding steroid dienone is 2. The SMILES string of the molecule is CC(C)=C[C@H]1[C@@H](C(=O)OCCOc2ccc3c(c2)OCO3)C1(C)C. The smallest absolute Gasteiger partial charge is 0.310 e. The summed E-state index contributed by atoms with van der Waals surface area (Å²) in [5.41, 5.74) is 1.21. The summed E-state index contributed by atoms with van der Waals surface area (Å²) in [7, 11) is 0. The van der Waals surface area contributed by atoms with Crippen LogP contribution in [0.1, 0.15) is 27.7 Å². The van der Waals surface area contributed by atoms with Crippen LogP contribution in [-0.2, 0) is 9.53 Å². The van der Waals surface area contributed by atoms with E-state index in [-0.39, 0.29) is 36.6 Å². The molecule has 0 spiro atoms. The third-order valence-corrected chi connectivity index (χ3v) is 4.62. The van der Waals surface area contributed by atoms with E-state index >= 15 is 0 Å². The van der Waals surface area contributed by atoms with Gasteiger partial charge in [-0.15, -0.1) is 0 Å². The lowest BCUT2D eigenvalue weighted by Gasteiger charge is -2.08. The second-order valence-corrected chi connectivity index (χ2v) is 7.10. The van der Waals surface area contributed by atoms with Crippen molar-refractivity contribution in [1.82, 2.24) is 0 Å². The Morgan fingerprint density at radius 3 is 2.75 bits per heavy atom. The van der Waals surface area contributed by atoms with Crippen molar-refractivity contribution in [3.05, 3.63) is 29.8 Å². The first-order valence-electron chi connectivity index (χ1n) is 8.23. The van der Waals surface area contributed by atoms with Crippen LogP contribution in [0.2, 0.25) is 0 Å². The molecule has 0 N–H and O–H groups in total. The van der Waals surface area contributed by atoms with Crippen LogP contribution in [0.3, 0.4) is 0 Å². The van der Waals surface area contributed by atoms with Gasteiger partial charge in [-0.2, -0.15) is 0 Å². The molecule has 1 aromatic carbocycles. The van der Waals surface area contributed by atoms with Gasteiger partial charge < -0.3 is 18.9 Å². The number of ether oxygens (including phenoxy) is 4. The van der Waals surface area contributed by atoms with Crippen molar-refractivity contribution < 1.29 is 23.7 Å². The number of carbonyl (C=O) groups is 1. The van der Waals surface area contributed by atoms with E-state index in [1.54, 1.807) is 12.1 Å². The Hall–Kier alpha value is -2.17. The molecule has 0 saturated heterocycles. The van der Waals surface area contributed by atoms with Gasteiger partial charge in [0.05, 0.1) is 5.92 Å². The standard InChI is InChI=1S/C19H24O5/c1-12(2)9-14-17(19(14,3)4)18(20)22-8-7-21-13-5-6-15-16(10-13)24-11-23-15/h5-6,9-10,14,17H,7-8,11H2,1-4H3/t14-,17-/m0/s1. The van der Waals surface area contributed by atoms with Gasteiger partial charge in [0.25, 0.3) is 0 Å². The molecule has 0 unspecified atom stereocenters. The van der Waals surface area contributed by atoms with Gasteiger partial charge in [-0.1, -0.05) is 25.5 Å². The molecule has 5 heteroatoms. The first-order valence-corrected chi connectivity index (χ1v) is 8.23. The summed E-state index contributed by atoms with van der Waals surface area (Å²) < 4.78 is 21.5. The highest BCUT2D eigenvalue weighted by atomic mass is 16.7. The van der Waals surface area contributed by atoms with E-state index in [4.69, 9.17) is 18.9 Å². The summed E-state index contributed by atoms with van der Waals surface area (Å²) in [5.74, 6) is 2.13. The van der Waals surface area contributed by atoms with E-state index in [2.05, 4.69) is 33.8 Å². The van der Waals surface area contributed by atoms with Crippen LogP contribution in [0.5, 0.6) is 17.2 Å². The van der Waals surface area contributed by atoms with Crippen molar-refractivity contribution in [2.45, 2.75) is 27.7 Å². The predicted octanol–water partition coefficient (Wildman–Crippen LogP) is 3.58. The Morgan fingerprint density at radius 2 is 2.00 bits per heavy atom. The molecule has 2 aliphatic rings. The highest BCUT2D eigenvalue weighted by Crippen LogP contribution is 2.59. The van der Waals surface area contributed by atoms with E-state index in [9.17, 15) is 4.79 Å². The molecule has 1 aliphatic carbocycles. The molecule has 1 aromatic rings. The van der Waals surface area contributed by atoms with Gasteiger partial charge in [0.2, 0.25) is 6.79 Å². The Kier molecular flexibility index (Phi) is 4.43. The van der Waals surface area contributed by atoms with Crippen molar-refractivity contribution in [3.63, 3.8) is 0 Å². The summed E-state index contributed by atoms with van der Waals surface area (Å²) in [5, 5.41) is 0. The average Bonchev–Trinajstić information content (AvgIpc) is 2.87. The minimum absolute atomic E-state index is 0.0213. The highest BCUT2D eigenvalue weighted by Gasteiger charge is 2.61. The maximum Gasteiger partial charge on any atom is 0.310 e. The molecule has 1 saturated carbocycles. The lowest BCUT2D eigenvalue weighted by atomic mass is 10.1. The van der Waals surface area contributed by atoms with Gasteiger partial charge in [-0.3, -0.25) is 4.79 Å². The third-order valence-electron chi connectivity index (χ3n) is 4.62. The number of benzene rings is 1. The molecular weight excluding hydrogens is 308 g/mol. The van der Waals surface area contributed by atoms with Crippen molar-refractivity contribution in [2.24, 2.45) is 17.3 Å². The molecule has 0 bridgehead atoms. The lowest BCUT2D eigenvalue weighted by Crippen LogP contribution is -2.15. The molecule has 1 heterocycles. The average molecular weight is 332 g/mol. The normalized spacial score (nSPS) is 22.7. The molecule has 3 rings (SSSR count). The molecule has 0 radical (unpaired) electrons. The maximum atomic E-state index is 12.2. The van der Waals surface area contributed by atoms with Crippen LogP contribution >= 0.6 is 0 Å². The van der Waals surface area contributed by atoms with Crippen molar-refractivity contribution >= 4 is 5.97 Å². The number of carbonyl (C=O) groups excluding carboxylic acids is 1. The predicted molar refractivity (Wildman–Crippen MR) is 89.2 cm³/mol. The molecule has 5 nitrogen and oxygen atoms in total. The first-order chi connectivity index (χ1) is 11.4. The zero-order valence-corrected chi connectivity index (χ0v) is 14.6. The number of hydrogen-bond donors (Lipinski definition) is 0. The molecule has 130 valence electrons. The van der Waals surface area contributed by atoms with Gasteiger partial charge in [0, 0.05) is 6.07 Å². The van der Waals surface area contributed by atoms with Gasteiger partial charge in [0.15, 0.2) is 11.5 Å². The van der Waals surface area contributed by atoms with Crippen LogP contribution in [0, 0.1) is 17.3 Å². The van der Waals surface area contributed by atoms with Gasteiger partial charge >= 0.3 is 5.97 Å². The topological polar surface area (TPSA) is 54.0 Å². The molecule has 1 aliphatic heterocycles. The van der Waals surface area contributed by atoms with E-state index < -0.39 is 0 Å². The van der Waals surface area contributed by atoms with Crippen LogP contribution in [0.15, 0.2) is 29.8 Å². The minimum atomic E-state index is -0.142. The number of esters is 1. The van der Waals surface area contributed by atoms with Crippen molar-refractivity contribution in [3.8, 4) is 17.2 Å². The Balaban J connectivity index is 1.44. The highest BCUT2D eigenvalue weighted by molar-refractivity contribution is 5.78. The van der Waals surface area contributed by atoms with Gasteiger partial charge in [0.1, 0.15) is 19.0 Å². The molecule has 2 atom stereocenters. The monoisotopic (exact) mass is 332 g/mol. The molecule has 24 heavy (non-hydrogen) atoms. The number of hydrogen-bond acceptors (Lipinski definition) is 5. The fourth-order valence-corrected chi connectivity index (χ4v) is 3.16. The maximum absolute atomic E-state index is 12.2.